The number of sulfone groups is 1. The highest BCUT2D eigenvalue weighted by atomic mass is 32.2. The highest BCUT2D eigenvalue weighted by Gasteiger charge is 2.24. The predicted octanol–water partition coefficient (Wildman–Crippen LogP) is 0.898. The fourth-order valence-corrected chi connectivity index (χ4v) is 3.12. The first-order valence-corrected chi connectivity index (χ1v) is 7.30. The van der Waals surface area contributed by atoms with Gasteiger partial charge in [-0.3, -0.25) is 0 Å². The van der Waals surface area contributed by atoms with Crippen LogP contribution < -0.4 is 4.90 Å². The SMILES string of the molecule is O=C(O)c1c(F)cc(N2CCS(=O)(=O)CC2)cc1F. The highest BCUT2D eigenvalue weighted by molar-refractivity contribution is 7.91. The highest BCUT2D eigenvalue weighted by Crippen LogP contribution is 2.23. The summed E-state index contributed by atoms with van der Waals surface area (Å²) in [7, 11) is -3.09. The van der Waals surface area contributed by atoms with Gasteiger partial charge in [0.05, 0.1) is 11.5 Å². The number of halogens is 2. The number of carboxylic acids is 1. The minimum absolute atomic E-state index is 0.0864. The fourth-order valence-electron chi connectivity index (χ4n) is 1.92. The van der Waals surface area contributed by atoms with Crippen LogP contribution in [0.2, 0.25) is 0 Å². The van der Waals surface area contributed by atoms with E-state index in [0.29, 0.717) is 0 Å². The minimum Gasteiger partial charge on any atom is -0.477 e. The molecule has 1 aliphatic rings. The summed E-state index contributed by atoms with van der Waals surface area (Å²) in [6.45, 7) is 0.265. The summed E-state index contributed by atoms with van der Waals surface area (Å²) in [4.78, 5) is 12.2. The molecule has 1 N–H and O–H groups in total. The van der Waals surface area contributed by atoms with Crippen LogP contribution in [0.1, 0.15) is 10.4 Å². The van der Waals surface area contributed by atoms with Gasteiger partial charge in [0, 0.05) is 18.8 Å². The van der Waals surface area contributed by atoms with Crippen molar-refractivity contribution in [1.82, 2.24) is 0 Å². The smallest absolute Gasteiger partial charge is 0.341 e. The van der Waals surface area contributed by atoms with Crippen molar-refractivity contribution in [3.63, 3.8) is 0 Å². The zero-order valence-electron chi connectivity index (χ0n) is 9.77. The van der Waals surface area contributed by atoms with E-state index in [1.807, 2.05) is 0 Å². The molecule has 1 fully saturated rings. The Morgan fingerprint density at radius 3 is 2.05 bits per heavy atom. The normalized spacial score (nSPS) is 18.3. The molecule has 0 bridgehead atoms. The summed E-state index contributed by atoms with van der Waals surface area (Å²) in [5, 5.41) is 8.64. The quantitative estimate of drug-likeness (QED) is 0.876. The number of anilines is 1. The Bertz CT molecular complexity index is 593. The van der Waals surface area contributed by atoms with Crippen molar-refractivity contribution in [2.45, 2.75) is 0 Å². The van der Waals surface area contributed by atoms with Crippen molar-refractivity contribution in [2.75, 3.05) is 29.5 Å². The molecule has 8 heteroatoms. The Kier molecular flexibility index (Phi) is 3.44. The maximum atomic E-state index is 13.5. The molecule has 0 radical (unpaired) electrons. The van der Waals surface area contributed by atoms with E-state index in [0.717, 1.165) is 12.1 Å². The average molecular weight is 291 g/mol. The molecule has 1 saturated heterocycles. The molecule has 5 nitrogen and oxygen atoms in total. The van der Waals surface area contributed by atoms with Gasteiger partial charge in [-0.25, -0.2) is 22.0 Å². The largest absolute Gasteiger partial charge is 0.477 e. The van der Waals surface area contributed by atoms with Crippen LogP contribution in [0.15, 0.2) is 12.1 Å². The molecular weight excluding hydrogens is 280 g/mol. The number of aromatic carboxylic acids is 1. The number of rotatable bonds is 2. The van der Waals surface area contributed by atoms with Gasteiger partial charge in [0.1, 0.15) is 17.2 Å². The Morgan fingerprint density at radius 2 is 1.63 bits per heavy atom. The lowest BCUT2D eigenvalue weighted by Gasteiger charge is -2.28. The van der Waals surface area contributed by atoms with Crippen molar-refractivity contribution in [1.29, 1.82) is 0 Å². The summed E-state index contributed by atoms with van der Waals surface area (Å²) in [5.41, 5.74) is -0.858. The first-order valence-electron chi connectivity index (χ1n) is 5.48. The van der Waals surface area contributed by atoms with Crippen molar-refractivity contribution in [2.24, 2.45) is 0 Å². The summed E-state index contributed by atoms with van der Waals surface area (Å²) in [6, 6.07) is 1.81. The van der Waals surface area contributed by atoms with E-state index in [2.05, 4.69) is 0 Å². The van der Waals surface area contributed by atoms with Crippen molar-refractivity contribution < 1.29 is 27.1 Å². The van der Waals surface area contributed by atoms with Gasteiger partial charge >= 0.3 is 5.97 Å². The first kappa shape index (κ1) is 13.7. The third kappa shape index (κ3) is 2.83. The van der Waals surface area contributed by atoms with E-state index in [1.165, 1.54) is 4.90 Å². The molecule has 104 valence electrons. The van der Waals surface area contributed by atoms with Crippen LogP contribution in [0.5, 0.6) is 0 Å². The average Bonchev–Trinajstić information content (AvgIpc) is 2.27. The van der Waals surface area contributed by atoms with Crippen LogP contribution >= 0.6 is 0 Å². The molecule has 0 aromatic heterocycles. The molecule has 0 saturated carbocycles. The number of hydrogen-bond acceptors (Lipinski definition) is 4. The molecule has 1 aliphatic heterocycles. The monoisotopic (exact) mass is 291 g/mol. The standard InChI is InChI=1S/C11H11F2NO4S/c12-8-5-7(6-9(13)10(8)11(15)16)14-1-3-19(17,18)4-2-14/h5-6H,1-4H2,(H,15,16). The van der Waals surface area contributed by atoms with E-state index in [9.17, 15) is 22.0 Å². The molecule has 1 heterocycles. The Labute approximate surface area is 108 Å². The molecule has 2 rings (SSSR count). The van der Waals surface area contributed by atoms with Gasteiger partial charge in [0.2, 0.25) is 0 Å². The molecule has 0 amide bonds. The molecule has 19 heavy (non-hydrogen) atoms. The Balaban J connectivity index is 2.30. The topological polar surface area (TPSA) is 74.7 Å². The molecule has 1 aromatic carbocycles. The number of benzene rings is 1. The van der Waals surface area contributed by atoms with Crippen LogP contribution in [-0.4, -0.2) is 44.1 Å². The fraction of sp³-hybridized carbons (Fsp3) is 0.364. The van der Waals surface area contributed by atoms with Crippen molar-refractivity contribution in [3.05, 3.63) is 29.3 Å². The summed E-state index contributed by atoms with van der Waals surface area (Å²) in [5.74, 6) is -4.19. The molecule has 0 unspecified atom stereocenters. The molecule has 0 atom stereocenters. The van der Waals surface area contributed by atoms with Gasteiger partial charge in [0.15, 0.2) is 9.84 Å². The Morgan fingerprint density at radius 1 is 1.16 bits per heavy atom. The Hall–Kier alpha value is -1.70. The van der Waals surface area contributed by atoms with E-state index < -0.39 is 33.0 Å². The predicted molar refractivity (Wildman–Crippen MR) is 64.2 cm³/mol. The zero-order chi connectivity index (χ0) is 14.2. The zero-order valence-corrected chi connectivity index (χ0v) is 10.6. The van der Waals surface area contributed by atoms with Crippen molar-refractivity contribution >= 4 is 21.5 Å². The van der Waals surface area contributed by atoms with Crippen LogP contribution in [-0.2, 0) is 9.84 Å². The van der Waals surface area contributed by atoms with E-state index >= 15 is 0 Å². The molecular formula is C11H11F2NO4S. The second-order valence-electron chi connectivity index (χ2n) is 4.23. The van der Waals surface area contributed by atoms with E-state index in [4.69, 9.17) is 5.11 Å². The van der Waals surface area contributed by atoms with Gasteiger partial charge < -0.3 is 10.0 Å². The third-order valence-corrected chi connectivity index (χ3v) is 4.56. The molecule has 0 spiro atoms. The van der Waals surface area contributed by atoms with Crippen LogP contribution in [0.25, 0.3) is 0 Å². The number of nitrogens with zero attached hydrogens (tertiary/aromatic N) is 1. The second kappa shape index (κ2) is 4.76. The van der Waals surface area contributed by atoms with Crippen LogP contribution in [0, 0.1) is 11.6 Å². The number of hydrogen-bond donors (Lipinski definition) is 1. The molecule has 0 aliphatic carbocycles. The summed E-state index contributed by atoms with van der Waals surface area (Å²) < 4.78 is 49.5. The van der Waals surface area contributed by atoms with Crippen LogP contribution in [0.3, 0.4) is 0 Å². The summed E-state index contributed by atoms with van der Waals surface area (Å²) in [6.07, 6.45) is 0. The maximum Gasteiger partial charge on any atom is 0.341 e. The van der Waals surface area contributed by atoms with E-state index in [-0.39, 0.29) is 30.3 Å². The first-order chi connectivity index (χ1) is 8.80. The third-order valence-electron chi connectivity index (χ3n) is 2.95. The lowest BCUT2D eigenvalue weighted by molar-refractivity contribution is 0.0686. The van der Waals surface area contributed by atoms with E-state index in [1.54, 1.807) is 0 Å². The van der Waals surface area contributed by atoms with Gasteiger partial charge in [-0.05, 0) is 12.1 Å². The maximum absolute atomic E-state index is 13.5. The lowest BCUT2D eigenvalue weighted by Crippen LogP contribution is -2.40. The van der Waals surface area contributed by atoms with Crippen molar-refractivity contribution in [3.8, 4) is 0 Å². The van der Waals surface area contributed by atoms with Crippen LogP contribution in [0.4, 0.5) is 14.5 Å². The number of carbonyl (C=O) groups is 1. The second-order valence-corrected chi connectivity index (χ2v) is 6.53. The summed E-state index contributed by atoms with van der Waals surface area (Å²) >= 11 is 0. The molecule has 1 aromatic rings. The van der Waals surface area contributed by atoms with Gasteiger partial charge in [0.25, 0.3) is 0 Å². The van der Waals surface area contributed by atoms with Gasteiger partial charge in [-0.15, -0.1) is 0 Å². The lowest BCUT2D eigenvalue weighted by atomic mass is 10.1. The van der Waals surface area contributed by atoms with Gasteiger partial charge in [-0.1, -0.05) is 0 Å². The minimum atomic E-state index is -3.09. The number of carboxylic acid groups (broad SMARTS) is 1. The van der Waals surface area contributed by atoms with Gasteiger partial charge in [-0.2, -0.15) is 0 Å².